The number of ether oxygens (including phenoxy) is 2. The Balaban J connectivity index is 1.99. The number of hydrogen-bond acceptors (Lipinski definition) is 5. The van der Waals surface area contributed by atoms with E-state index in [-0.39, 0.29) is 11.6 Å². The number of methoxy groups -OCH3 is 1. The molecule has 1 saturated carbocycles. The van der Waals surface area contributed by atoms with E-state index >= 15 is 0 Å². The first-order chi connectivity index (χ1) is 12.0. The number of benzene rings is 1. The van der Waals surface area contributed by atoms with Gasteiger partial charge in [-0.2, -0.15) is 0 Å². The second-order valence-corrected chi connectivity index (χ2v) is 6.35. The molecule has 1 fully saturated rings. The summed E-state index contributed by atoms with van der Waals surface area (Å²) in [5, 5.41) is 2.53. The standard InChI is InChI=1S/C16H20BrN3O5/c1-3-6-25-13-11(17)7-9(8-12(13)24-2)14(21)19-20-16(23)15(22)18-10-4-5-10/h7-8,10H,3-6H2,1-2H3,(H,18,22)(H,19,21)(H,20,23). The Morgan fingerprint density at radius 3 is 2.52 bits per heavy atom. The minimum absolute atomic E-state index is 0.0600. The van der Waals surface area contributed by atoms with Gasteiger partial charge in [-0.05, 0) is 47.3 Å². The van der Waals surface area contributed by atoms with Crippen LogP contribution in [0.15, 0.2) is 16.6 Å². The molecule has 1 aliphatic rings. The van der Waals surface area contributed by atoms with Crippen molar-refractivity contribution in [3.63, 3.8) is 0 Å². The molecule has 136 valence electrons. The fraction of sp³-hybridized carbons (Fsp3) is 0.438. The number of carbonyl (C=O) groups is 3. The second kappa shape index (κ2) is 8.70. The average Bonchev–Trinajstić information content (AvgIpc) is 3.41. The van der Waals surface area contributed by atoms with Crippen molar-refractivity contribution in [2.75, 3.05) is 13.7 Å². The normalized spacial score (nSPS) is 12.9. The monoisotopic (exact) mass is 413 g/mol. The fourth-order valence-corrected chi connectivity index (χ4v) is 2.47. The van der Waals surface area contributed by atoms with Gasteiger partial charge in [0.1, 0.15) is 0 Å². The van der Waals surface area contributed by atoms with Crippen LogP contribution in [0.5, 0.6) is 11.5 Å². The largest absolute Gasteiger partial charge is 0.493 e. The van der Waals surface area contributed by atoms with Crippen LogP contribution in [0.2, 0.25) is 0 Å². The van der Waals surface area contributed by atoms with Gasteiger partial charge in [0.2, 0.25) is 0 Å². The van der Waals surface area contributed by atoms with Crippen molar-refractivity contribution in [1.29, 1.82) is 0 Å². The van der Waals surface area contributed by atoms with Crippen molar-refractivity contribution >= 4 is 33.7 Å². The van der Waals surface area contributed by atoms with Crippen molar-refractivity contribution in [1.82, 2.24) is 16.2 Å². The molecule has 8 nitrogen and oxygen atoms in total. The molecule has 25 heavy (non-hydrogen) atoms. The maximum atomic E-state index is 12.2. The van der Waals surface area contributed by atoms with Crippen LogP contribution in [0.25, 0.3) is 0 Å². The van der Waals surface area contributed by atoms with E-state index in [4.69, 9.17) is 9.47 Å². The van der Waals surface area contributed by atoms with Gasteiger partial charge in [0.25, 0.3) is 5.91 Å². The van der Waals surface area contributed by atoms with E-state index in [9.17, 15) is 14.4 Å². The zero-order chi connectivity index (χ0) is 18.4. The van der Waals surface area contributed by atoms with Crippen LogP contribution in [0.3, 0.4) is 0 Å². The minimum atomic E-state index is -0.922. The smallest absolute Gasteiger partial charge is 0.327 e. The van der Waals surface area contributed by atoms with E-state index in [1.54, 1.807) is 6.07 Å². The Hall–Kier alpha value is -2.29. The van der Waals surface area contributed by atoms with Gasteiger partial charge in [-0.25, -0.2) is 0 Å². The molecule has 0 bridgehead atoms. The Bertz CT molecular complexity index is 676. The van der Waals surface area contributed by atoms with E-state index in [0.717, 1.165) is 19.3 Å². The number of carbonyl (C=O) groups excluding carboxylic acids is 3. The van der Waals surface area contributed by atoms with Crippen LogP contribution in [0.1, 0.15) is 36.5 Å². The molecule has 0 unspecified atom stereocenters. The summed E-state index contributed by atoms with van der Waals surface area (Å²) in [6.07, 6.45) is 2.56. The molecular formula is C16H20BrN3O5. The molecule has 0 aliphatic heterocycles. The van der Waals surface area contributed by atoms with Gasteiger partial charge in [-0.1, -0.05) is 6.92 Å². The Labute approximate surface area is 153 Å². The quantitative estimate of drug-likeness (QED) is 0.481. The third-order valence-electron chi connectivity index (χ3n) is 3.35. The van der Waals surface area contributed by atoms with Crippen molar-refractivity contribution in [2.24, 2.45) is 0 Å². The predicted molar refractivity (Wildman–Crippen MR) is 93.3 cm³/mol. The molecular weight excluding hydrogens is 394 g/mol. The molecule has 1 aliphatic carbocycles. The van der Waals surface area contributed by atoms with Gasteiger partial charge in [-0.3, -0.25) is 25.2 Å². The molecule has 3 N–H and O–H groups in total. The van der Waals surface area contributed by atoms with Crippen LogP contribution < -0.4 is 25.6 Å². The third kappa shape index (κ3) is 5.35. The number of hydrogen-bond donors (Lipinski definition) is 3. The van der Waals surface area contributed by atoms with Gasteiger partial charge in [-0.15, -0.1) is 0 Å². The van der Waals surface area contributed by atoms with Gasteiger partial charge in [0.15, 0.2) is 11.5 Å². The molecule has 0 atom stereocenters. The average molecular weight is 414 g/mol. The molecule has 0 aromatic heterocycles. The summed E-state index contributed by atoms with van der Waals surface area (Å²) in [4.78, 5) is 35.3. The maximum Gasteiger partial charge on any atom is 0.327 e. The van der Waals surface area contributed by atoms with Crippen LogP contribution in [-0.2, 0) is 9.59 Å². The third-order valence-corrected chi connectivity index (χ3v) is 3.94. The molecule has 2 rings (SSSR count). The number of halogens is 1. The van der Waals surface area contributed by atoms with Crippen molar-refractivity contribution in [3.8, 4) is 11.5 Å². The highest BCUT2D eigenvalue weighted by Gasteiger charge is 2.26. The molecule has 3 amide bonds. The van der Waals surface area contributed by atoms with E-state index in [1.807, 2.05) is 6.92 Å². The molecule has 1 aromatic rings. The summed E-state index contributed by atoms with van der Waals surface area (Å²) in [5.41, 5.74) is 4.51. The molecule has 1 aromatic carbocycles. The fourth-order valence-electron chi connectivity index (χ4n) is 1.92. The first-order valence-corrected chi connectivity index (χ1v) is 8.67. The van der Waals surface area contributed by atoms with E-state index < -0.39 is 17.7 Å². The number of hydrazine groups is 1. The van der Waals surface area contributed by atoms with Gasteiger partial charge >= 0.3 is 11.8 Å². The lowest BCUT2D eigenvalue weighted by atomic mass is 10.2. The Kier molecular flexibility index (Phi) is 6.63. The lowest BCUT2D eigenvalue weighted by molar-refractivity contribution is -0.139. The van der Waals surface area contributed by atoms with Crippen LogP contribution >= 0.6 is 15.9 Å². The van der Waals surface area contributed by atoms with Gasteiger partial charge in [0, 0.05) is 11.6 Å². The summed E-state index contributed by atoms with van der Waals surface area (Å²) < 4.78 is 11.4. The topological polar surface area (TPSA) is 106 Å². The van der Waals surface area contributed by atoms with Gasteiger partial charge < -0.3 is 14.8 Å². The Morgan fingerprint density at radius 2 is 1.92 bits per heavy atom. The molecule has 9 heteroatoms. The molecule has 0 saturated heterocycles. The summed E-state index contributed by atoms with van der Waals surface area (Å²) in [6.45, 7) is 2.48. The summed E-state index contributed by atoms with van der Waals surface area (Å²) >= 11 is 3.34. The summed E-state index contributed by atoms with van der Waals surface area (Å²) in [7, 11) is 1.46. The SMILES string of the molecule is CCCOc1c(Br)cc(C(=O)NNC(=O)C(=O)NC2CC2)cc1OC. The van der Waals surface area contributed by atoms with Gasteiger partial charge in [0.05, 0.1) is 18.2 Å². The van der Waals surface area contributed by atoms with Crippen molar-refractivity contribution in [2.45, 2.75) is 32.2 Å². The zero-order valence-corrected chi connectivity index (χ0v) is 15.6. The van der Waals surface area contributed by atoms with Crippen LogP contribution in [-0.4, -0.2) is 37.5 Å². The van der Waals surface area contributed by atoms with Crippen molar-refractivity contribution < 1.29 is 23.9 Å². The highest BCUT2D eigenvalue weighted by molar-refractivity contribution is 9.10. The minimum Gasteiger partial charge on any atom is -0.493 e. The molecule has 0 heterocycles. The highest BCUT2D eigenvalue weighted by Crippen LogP contribution is 2.36. The van der Waals surface area contributed by atoms with E-state index in [1.165, 1.54) is 13.2 Å². The summed E-state index contributed by atoms with van der Waals surface area (Å²) in [5.74, 6) is -1.41. The second-order valence-electron chi connectivity index (χ2n) is 5.49. The first-order valence-electron chi connectivity index (χ1n) is 7.87. The Morgan fingerprint density at radius 1 is 1.20 bits per heavy atom. The number of amides is 3. The van der Waals surface area contributed by atoms with Crippen molar-refractivity contribution in [3.05, 3.63) is 22.2 Å². The lowest BCUT2D eigenvalue weighted by Gasteiger charge is -2.14. The molecule has 0 radical (unpaired) electrons. The van der Waals surface area contributed by atoms with E-state index in [2.05, 4.69) is 32.1 Å². The number of rotatable bonds is 6. The maximum absolute atomic E-state index is 12.2. The highest BCUT2D eigenvalue weighted by atomic mass is 79.9. The van der Waals surface area contributed by atoms with E-state index in [0.29, 0.717) is 22.6 Å². The lowest BCUT2D eigenvalue weighted by Crippen LogP contribution is -2.49. The predicted octanol–water partition coefficient (Wildman–Crippen LogP) is 1.29. The molecule has 0 spiro atoms. The van der Waals surface area contributed by atoms with Crippen LogP contribution in [0.4, 0.5) is 0 Å². The number of nitrogens with one attached hydrogen (secondary N) is 3. The van der Waals surface area contributed by atoms with Crippen LogP contribution in [0, 0.1) is 0 Å². The zero-order valence-electron chi connectivity index (χ0n) is 14.0. The summed E-state index contributed by atoms with van der Waals surface area (Å²) in [6, 6.07) is 3.09. The first kappa shape index (κ1) is 19.0.